The molecule has 20 heavy (non-hydrogen) atoms. The minimum atomic E-state index is 0.258. The number of likely N-dealkylation sites (tertiary alicyclic amines) is 1. The smallest absolute Gasteiger partial charge is 0.224 e. The maximum Gasteiger partial charge on any atom is 0.224 e. The molecule has 0 unspecified atom stereocenters. The molecule has 1 fully saturated rings. The van der Waals surface area contributed by atoms with E-state index in [-0.39, 0.29) is 5.91 Å². The Kier molecular flexibility index (Phi) is 3.81. The number of rotatable bonds is 4. The lowest BCUT2D eigenvalue weighted by Gasteiger charge is -2.15. The lowest BCUT2D eigenvalue weighted by atomic mass is 10.2. The molecule has 2 heterocycles. The Morgan fingerprint density at radius 2 is 2.00 bits per heavy atom. The minimum Gasteiger partial charge on any atom is -0.384 e. The molecule has 0 radical (unpaired) electrons. The molecule has 2 aromatic rings. The Hall–Kier alpha value is -2.10. The Morgan fingerprint density at radius 1 is 1.20 bits per heavy atom. The zero-order valence-electron chi connectivity index (χ0n) is 11.5. The van der Waals surface area contributed by atoms with Gasteiger partial charge in [0.1, 0.15) is 0 Å². The normalized spacial score (nSPS) is 14.7. The van der Waals surface area contributed by atoms with Gasteiger partial charge in [0.25, 0.3) is 0 Å². The second kappa shape index (κ2) is 5.90. The largest absolute Gasteiger partial charge is 0.384 e. The first-order valence-electron chi connectivity index (χ1n) is 7.20. The maximum atomic E-state index is 12.0. The molecule has 1 saturated heterocycles. The van der Waals surface area contributed by atoms with Gasteiger partial charge >= 0.3 is 0 Å². The van der Waals surface area contributed by atoms with Crippen molar-refractivity contribution < 1.29 is 4.79 Å². The van der Waals surface area contributed by atoms with Gasteiger partial charge in [0.05, 0.1) is 5.52 Å². The summed E-state index contributed by atoms with van der Waals surface area (Å²) in [4.78, 5) is 18.3. The topological polar surface area (TPSA) is 45.2 Å². The Bertz CT molecular complexity index is 600. The molecule has 0 aliphatic carbocycles. The third kappa shape index (κ3) is 2.74. The van der Waals surface area contributed by atoms with E-state index in [1.807, 2.05) is 35.2 Å². The molecular formula is C16H19N3O. The number of hydrogen-bond acceptors (Lipinski definition) is 3. The summed E-state index contributed by atoms with van der Waals surface area (Å²) in [7, 11) is 0. The molecule has 1 amide bonds. The van der Waals surface area contributed by atoms with Gasteiger partial charge < -0.3 is 10.2 Å². The molecular weight excluding hydrogens is 250 g/mol. The third-order valence-corrected chi connectivity index (χ3v) is 3.76. The molecule has 0 spiro atoms. The first kappa shape index (κ1) is 12.9. The van der Waals surface area contributed by atoms with Crippen LogP contribution in [0.4, 0.5) is 5.69 Å². The van der Waals surface area contributed by atoms with Crippen molar-refractivity contribution in [3.8, 4) is 0 Å². The van der Waals surface area contributed by atoms with Gasteiger partial charge in [-0.25, -0.2) is 0 Å². The molecule has 1 aromatic carbocycles. The van der Waals surface area contributed by atoms with Gasteiger partial charge in [0, 0.05) is 43.3 Å². The van der Waals surface area contributed by atoms with E-state index in [1.165, 1.54) is 0 Å². The number of aromatic nitrogens is 1. The van der Waals surface area contributed by atoms with Gasteiger partial charge in [-0.3, -0.25) is 9.78 Å². The molecule has 4 heteroatoms. The molecule has 0 bridgehead atoms. The first-order chi connectivity index (χ1) is 9.84. The van der Waals surface area contributed by atoms with E-state index in [1.54, 1.807) is 6.20 Å². The average Bonchev–Trinajstić information content (AvgIpc) is 3.02. The number of anilines is 1. The van der Waals surface area contributed by atoms with Crippen molar-refractivity contribution in [3.63, 3.8) is 0 Å². The van der Waals surface area contributed by atoms with Gasteiger partial charge in [0.2, 0.25) is 5.91 Å². The van der Waals surface area contributed by atoms with Crippen molar-refractivity contribution in [3.05, 3.63) is 36.5 Å². The van der Waals surface area contributed by atoms with E-state index in [4.69, 9.17) is 0 Å². The van der Waals surface area contributed by atoms with Crippen molar-refractivity contribution in [1.29, 1.82) is 0 Å². The van der Waals surface area contributed by atoms with Crippen molar-refractivity contribution in [2.45, 2.75) is 19.3 Å². The van der Waals surface area contributed by atoms with Crippen LogP contribution >= 0.6 is 0 Å². The number of carbonyl (C=O) groups is 1. The van der Waals surface area contributed by atoms with E-state index < -0.39 is 0 Å². The van der Waals surface area contributed by atoms with Crippen LogP contribution in [0.3, 0.4) is 0 Å². The highest BCUT2D eigenvalue weighted by molar-refractivity contribution is 5.91. The molecule has 4 nitrogen and oxygen atoms in total. The first-order valence-corrected chi connectivity index (χ1v) is 7.20. The molecule has 0 saturated carbocycles. The van der Waals surface area contributed by atoms with Crippen LogP contribution in [-0.2, 0) is 4.79 Å². The van der Waals surface area contributed by atoms with Gasteiger partial charge in [-0.1, -0.05) is 18.2 Å². The fourth-order valence-electron chi connectivity index (χ4n) is 2.68. The molecule has 104 valence electrons. The van der Waals surface area contributed by atoms with E-state index in [9.17, 15) is 4.79 Å². The number of carbonyl (C=O) groups excluding carboxylic acids is 1. The molecule has 1 aliphatic rings. The average molecular weight is 269 g/mol. The summed E-state index contributed by atoms with van der Waals surface area (Å²) in [5.41, 5.74) is 2.02. The predicted octanol–water partition coefficient (Wildman–Crippen LogP) is 2.66. The van der Waals surface area contributed by atoms with Gasteiger partial charge in [0.15, 0.2) is 0 Å². The molecule has 1 N–H and O–H groups in total. The summed E-state index contributed by atoms with van der Waals surface area (Å²) in [5, 5.41) is 4.46. The van der Waals surface area contributed by atoms with Crippen LogP contribution in [0.5, 0.6) is 0 Å². The second-order valence-corrected chi connectivity index (χ2v) is 5.14. The second-order valence-electron chi connectivity index (χ2n) is 5.14. The fraction of sp³-hybridized carbons (Fsp3) is 0.375. The van der Waals surface area contributed by atoms with Crippen molar-refractivity contribution in [2.24, 2.45) is 0 Å². The Morgan fingerprint density at radius 3 is 2.85 bits per heavy atom. The summed E-state index contributed by atoms with van der Waals surface area (Å²) < 4.78 is 0. The predicted molar refractivity (Wildman–Crippen MR) is 80.7 cm³/mol. The fourth-order valence-corrected chi connectivity index (χ4v) is 2.68. The van der Waals surface area contributed by atoms with Crippen LogP contribution in [0.2, 0.25) is 0 Å². The van der Waals surface area contributed by atoms with Crippen molar-refractivity contribution in [2.75, 3.05) is 25.0 Å². The van der Waals surface area contributed by atoms with Crippen LogP contribution in [0.15, 0.2) is 36.5 Å². The molecule has 0 atom stereocenters. The number of benzene rings is 1. The van der Waals surface area contributed by atoms with Gasteiger partial charge in [-0.2, -0.15) is 0 Å². The molecule has 3 rings (SSSR count). The highest BCUT2D eigenvalue weighted by Crippen LogP contribution is 2.20. The van der Waals surface area contributed by atoms with Crippen LogP contribution in [0, 0.1) is 0 Å². The van der Waals surface area contributed by atoms with Gasteiger partial charge in [-0.15, -0.1) is 0 Å². The van der Waals surface area contributed by atoms with Crippen LogP contribution in [-0.4, -0.2) is 35.4 Å². The van der Waals surface area contributed by atoms with Crippen LogP contribution in [0.1, 0.15) is 19.3 Å². The van der Waals surface area contributed by atoms with Crippen molar-refractivity contribution in [1.82, 2.24) is 9.88 Å². The van der Waals surface area contributed by atoms with E-state index in [0.717, 1.165) is 42.5 Å². The summed E-state index contributed by atoms with van der Waals surface area (Å²) in [5.74, 6) is 0.258. The van der Waals surface area contributed by atoms with E-state index >= 15 is 0 Å². The highest BCUT2D eigenvalue weighted by Gasteiger charge is 2.17. The summed E-state index contributed by atoms with van der Waals surface area (Å²) in [6.45, 7) is 2.53. The monoisotopic (exact) mass is 269 g/mol. The van der Waals surface area contributed by atoms with Gasteiger partial charge in [-0.05, 0) is 25.0 Å². The number of fused-ring (bicyclic) bond motifs is 1. The lowest BCUT2D eigenvalue weighted by Crippen LogP contribution is -2.29. The number of nitrogens with zero attached hydrogens (tertiary/aromatic N) is 2. The van der Waals surface area contributed by atoms with Crippen LogP contribution < -0.4 is 5.32 Å². The van der Waals surface area contributed by atoms with E-state index in [2.05, 4.69) is 10.3 Å². The SMILES string of the molecule is O=C(CCNc1ccnc2ccccc12)N1CCCC1. The van der Waals surface area contributed by atoms with Crippen LogP contribution in [0.25, 0.3) is 10.9 Å². The van der Waals surface area contributed by atoms with E-state index in [0.29, 0.717) is 13.0 Å². The Balaban J connectivity index is 1.61. The molecule has 1 aromatic heterocycles. The summed E-state index contributed by atoms with van der Waals surface area (Å²) in [6, 6.07) is 9.99. The maximum absolute atomic E-state index is 12.0. The third-order valence-electron chi connectivity index (χ3n) is 3.76. The minimum absolute atomic E-state index is 0.258. The number of hydrogen-bond donors (Lipinski definition) is 1. The molecule has 1 aliphatic heterocycles. The number of pyridine rings is 1. The highest BCUT2D eigenvalue weighted by atomic mass is 16.2. The zero-order chi connectivity index (χ0) is 13.8. The van der Waals surface area contributed by atoms with Crippen molar-refractivity contribution >= 4 is 22.5 Å². The summed E-state index contributed by atoms with van der Waals surface area (Å²) in [6.07, 6.45) is 4.64. The Labute approximate surface area is 118 Å². The number of para-hydroxylation sites is 1. The number of nitrogens with one attached hydrogen (secondary N) is 1. The summed E-state index contributed by atoms with van der Waals surface area (Å²) >= 11 is 0. The standard InChI is InChI=1S/C16H19N3O/c20-16(19-11-3-4-12-19)8-10-18-15-7-9-17-14-6-2-1-5-13(14)15/h1-2,5-7,9H,3-4,8,10-12H2,(H,17,18). The number of amides is 1. The lowest BCUT2D eigenvalue weighted by molar-refractivity contribution is -0.129. The quantitative estimate of drug-likeness (QED) is 0.928. The zero-order valence-corrected chi connectivity index (χ0v) is 11.5.